The van der Waals surface area contributed by atoms with E-state index in [2.05, 4.69) is 43.1 Å². The van der Waals surface area contributed by atoms with E-state index in [-0.39, 0.29) is 0 Å². The minimum Gasteiger partial charge on any atom is -0.311 e. The lowest BCUT2D eigenvalue weighted by Gasteiger charge is -2.44. The zero-order valence-electron chi connectivity index (χ0n) is 11.7. The van der Waals surface area contributed by atoms with Crippen LogP contribution in [0, 0.1) is 5.92 Å². The van der Waals surface area contributed by atoms with Gasteiger partial charge in [-0.05, 0) is 38.5 Å². The van der Waals surface area contributed by atoms with Crippen LogP contribution in [0.25, 0.3) is 0 Å². The summed E-state index contributed by atoms with van der Waals surface area (Å²) in [7, 11) is 0. The van der Waals surface area contributed by atoms with E-state index in [4.69, 9.17) is 0 Å². The fourth-order valence-corrected chi connectivity index (χ4v) is 3.27. The summed E-state index contributed by atoms with van der Waals surface area (Å²) in [6, 6.07) is 2.21. The molecule has 3 atom stereocenters. The number of piperazine rings is 1. The fourth-order valence-electron chi connectivity index (χ4n) is 3.27. The van der Waals surface area contributed by atoms with Gasteiger partial charge in [-0.15, -0.1) is 0 Å². The second-order valence-corrected chi connectivity index (χ2v) is 6.22. The Balaban J connectivity index is 1.92. The molecule has 0 radical (unpaired) electrons. The molecule has 0 bridgehead atoms. The van der Waals surface area contributed by atoms with Crippen LogP contribution >= 0.6 is 0 Å². The Labute approximate surface area is 106 Å². The fraction of sp³-hybridized carbons (Fsp3) is 0.867. The first-order valence-electron chi connectivity index (χ1n) is 7.31. The summed E-state index contributed by atoms with van der Waals surface area (Å²) in [6.45, 7) is 9.44. The number of nitrogens with one attached hydrogen (secondary N) is 1. The highest BCUT2D eigenvalue weighted by molar-refractivity contribution is 4.97. The smallest absolute Gasteiger partial charge is 0.0198 e. The zero-order valence-corrected chi connectivity index (χ0v) is 11.7. The molecule has 1 saturated heterocycles. The normalized spacial score (nSPS) is 35.4. The lowest BCUT2D eigenvalue weighted by Crippen LogP contribution is -2.58. The van der Waals surface area contributed by atoms with Crippen LogP contribution in [0.5, 0.6) is 0 Å². The largest absolute Gasteiger partial charge is 0.311 e. The maximum absolute atomic E-state index is 3.71. The third-order valence-corrected chi connectivity index (χ3v) is 4.17. The average Bonchev–Trinajstić information content (AvgIpc) is 2.32. The number of nitrogens with zero attached hydrogens (tertiary/aromatic N) is 1. The summed E-state index contributed by atoms with van der Waals surface area (Å²) in [5.41, 5.74) is 0. The molecule has 2 aliphatic rings. The SMILES string of the molecule is CC(C)CC1CN(C2CC=CCC2)C(C)CN1. The third kappa shape index (κ3) is 3.56. The summed E-state index contributed by atoms with van der Waals surface area (Å²) in [5.74, 6) is 0.800. The first-order chi connectivity index (χ1) is 8.16. The summed E-state index contributed by atoms with van der Waals surface area (Å²) in [4.78, 5) is 2.76. The van der Waals surface area contributed by atoms with Gasteiger partial charge < -0.3 is 5.32 Å². The van der Waals surface area contributed by atoms with Crippen LogP contribution in [0.1, 0.15) is 46.5 Å². The quantitative estimate of drug-likeness (QED) is 0.758. The van der Waals surface area contributed by atoms with Crippen molar-refractivity contribution >= 4 is 0 Å². The van der Waals surface area contributed by atoms with Crippen LogP contribution in [0.15, 0.2) is 12.2 Å². The van der Waals surface area contributed by atoms with Crippen LogP contribution in [0.4, 0.5) is 0 Å². The van der Waals surface area contributed by atoms with Gasteiger partial charge in [-0.1, -0.05) is 26.0 Å². The van der Waals surface area contributed by atoms with Gasteiger partial charge in [-0.2, -0.15) is 0 Å². The van der Waals surface area contributed by atoms with Gasteiger partial charge in [0.15, 0.2) is 0 Å². The second kappa shape index (κ2) is 6.01. The molecule has 1 fully saturated rings. The molecule has 0 aromatic rings. The van der Waals surface area contributed by atoms with Crippen LogP contribution in [0.3, 0.4) is 0 Å². The van der Waals surface area contributed by atoms with Crippen molar-refractivity contribution in [1.29, 1.82) is 0 Å². The molecule has 0 aromatic carbocycles. The molecular weight excluding hydrogens is 208 g/mol. The van der Waals surface area contributed by atoms with Crippen molar-refractivity contribution in [2.45, 2.75) is 64.6 Å². The molecule has 2 rings (SSSR count). The van der Waals surface area contributed by atoms with Crippen LogP contribution < -0.4 is 5.32 Å². The van der Waals surface area contributed by atoms with E-state index in [1.165, 1.54) is 32.2 Å². The van der Waals surface area contributed by atoms with Gasteiger partial charge in [0, 0.05) is 31.2 Å². The molecule has 1 aliphatic heterocycles. The van der Waals surface area contributed by atoms with Crippen molar-refractivity contribution in [1.82, 2.24) is 10.2 Å². The van der Waals surface area contributed by atoms with Crippen LogP contribution in [0.2, 0.25) is 0 Å². The highest BCUT2D eigenvalue weighted by Crippen LogP contribution is 2.23. The third-order valence-electron chi connectivity index (χ3n) is 4.17. The molecule has 2 nitrogen and oxygen atoms in total. The summed E-state index contributed by atoms with van der Waals surface area (Å²) in [6.07, 6.45) is 9.92. The maximum atomic E-state index is 3.71. The molecule has 0 spiro atoms. The molecule has 0 aromatic heterocycles. The van der Waals surface area contributed by atoms with E-state index < -0.39 is 0 Å². The zero-order chi connectivity index (χ0) is 12.3. The lowest BCUT2D eigenvalue weighted by molar-refractivity contribution is 0.0797. The van der Waals surface area contributed by atoms with E-state index in [0.717, 1.165) is 18.5 Å². The topological polar surface area (TPSA) is 15.3 Å². The van der Waals surface area contributed by atoms with Crippen molar-refractivity contribution in [3.05, 3.63) is 12.2 Å². The Kier molecular flexibility index (Phi) is 4.63. The average molecular weight is 236 g/mol. The van der Waals surface area contributed by atoms with Gasteiger partial charge in [-0.25, -0.2) is 0 Å². The molecule has 0 amide bonds. The van der Waals surface area contributed by atoms with E-state index in [0.29, 0.717) is 12.1 Å². The minimum atomic E-state index is 0.704. The molecule has 1 N–H and O–H groups in total. The summed E-state index contributed by atoms with van der Waals surface area (Å²) >= 11 is 0. The first-order valence-corrected chi connectivity index (χ1v) is 7.31. The first kappa shape index (κ1) is 13.1. The van der Waals surface area contributed by atoms with E-state index >= 15 is 0 Å². The molecular formula is C15H28N2. The predicted molar refractivity (Wildman–Crippen MR) is 74.2 cm³/mol. The van der Waals surface area contributed by atoms with Gasteiger partial charge in [-0.3, -0.25) is 4.90 Å². The van der Waals surface area contributed by atoms with Crippen molar-refractivity contribution in [3.8, 4) is 0 Å². The van der Waals surface area contributed by atoms with Crippen LogP contribution in [-0.2, 0) is 0 Å². The molecule has 1 heterocycles. The molecule has 3 unspecified atom stereocenters. The molecule has 0 saturated carbocycles. The van der Waals surface area contributed by atoms with Gasteiger partial charge in [0.05, 0.1) is 0 Å². The van der Waals surface area contributed by atoms with Gasteiger partial charge >= 0.3 is 0 Å². The number of allylic oxidation sites excluding steroid dienone is 1. The Hall–Kier alpha value is -0.340. The van der Waals surface area contributed by atoms with Crippen molar-refractivity contribution in [2.24, 2.45) is 5.92 Å². The highest BCUT2D eigenvalue weighted by Gasteiger charge is 2.30. The van der Waals surface area contributed by atoms with E-state index in [9.17, 15) is 0 Å². The van der Waals surface area contributed by atoms with Crippen molar-refractivity contribution < 1.29 is 0 Å². The molecule has 2 heteroatoms. The van der Waals surface area contributed by atoms with E-state index in [1.54, 1.807) is 0 Å². The Morgan fingerprint density at radius 2 is 2.18 bits per heavy atom. The molecule has 98 valence electrons. The summed E-state index contributed by atoms with van der Waals surface area (Å²) < 4.78 is 0. The summed E-state index contributed by atoms with van der Waals surface area (Å²) in [5, 5.41) is 3.71. The Morgan fingerprint density at radius 1 is 1.35 bits per heavy atom. The van der Waals surface area contributed by atoms with Gasteiger partial charge in [0.2, 0.25) is 0 Å². The van der Waals surface area contributed by atoms with Crippen LogP contribution in [-0.4, -0.2) is 36.1 Å². The minimum absolute atomic E-state index is 0.704. The standard InChI is InChI=1S/C15H28N2/c1-12(2)9-14-11-17(13(3)10-16-14)15-7-5-4-6-8-15/h4-5,12-16H,6-11H2,1-3H3. The second-order valence-electron chi connectivity index (χ2n) is 6.22. The highest BCUT2D eigenvalue weighted by atomic mass is 15.2. The van der Waals surface area contributed by atoms with E-state index in [1.807, 2.05) is 0 Å². The monoisotopic (exact) mass is 236 g/mol. The van der Waals surface area contributed by atoms with Gasteiger partial charge in [0.1, 0.15) is 0 Å². The van der Waals surface area contributed by atoms with Crippen molar-refractivity contribution in [3.63, 3.8) is 0 Å². The van der Waals surface area contributed by atoms with Gasteiger partial charge in [0.25, 0.3) is 0 Å². The Bertz CT molecular complexity index is 260. The number of hydrogen-bond donors (Lipinski definition) is 1. The maximum Gasteiger partial charge on any atom is 0.0198 e. The lowest BCUT2D eigenvalue weighted by atomic mass is 9.94. The molecule has 1 aliphatic carbocycles. The molecule has 17 heavy (non-hydrogen) atoms. The van der Waals surface area contributed by atoms with Crippen molar-refractivity contribution in [2.75, 3.05) is 13.1 Å². The number of hydrogen-bond acceptors (Lipinski definition) is 2. The predicted octanol–water partition coefficient (Wildman–Crippen LogP) is 2.80. The Morgan fingerprint density at radius 3 is 2.82 bits per heavy atom. The number of rotatable bonds is 3.